The molecule has 1 amide bonds. The number of aryl methyl sites for hydroxylation is 2. The van der Waals surface area contributed by atoms with Crippen LogP contribution in [0.5, 0.6) is 0 Å². The number of rotatable bonds is 4. The van der Waals surface area contributed by atoms with Crippen LogP contribution in [0, 0.1) is 6.92 Å². The summed E-state index contributed by atoms with van der Waals surface area (Å²) >= 11 is 5.81. The largest absolute Gasteiger partial charge is 0.347 e. The zero-order chi connectivity index (χ0) is 13.8. The number of nitrogens with zero attached hydrogens (tertiary/aromatic N) is 2. The topological polar surface area (TPSA) is 46.9 Å². The van der Waals surface area contributed by atoms with Crippen molar-refractivity contribution in [3.63, 3.8) is 0 Å². The van der Waals surface area contributed by atoms with Crippen LogP contribution in [0.4, 0.5) is 0 Å². The molecule has 0 aliphatic carbocycles. The minimum Gasteiger partial charge on any atom is -0.347 e. The molecule has 100 valence electrons. The van der Waals surface area contributed by atoms with Crippen LogP contribution in [0.2, 0.25) is 5.02 Å². The zero-order valence-electron chi connectivity index (χ0n) is 11.0. The minimum atomic E-state index is -0.162. The second-order valence-corrected chi connectivity index (χ2v) is 4.73. The summed E-state index contributed by atoms with van der Waals surface area (Å²) in [7, 11) is 0. The minimum absolute atomic E-state index is 0.162. The third-order valence-corrected chi connectivity index (χ3v) is 3.13. The van der Waals surface area contributed by atoms with Crippen LogP contribution in [0.25, 0.3) is 0 Å². The van der Waals surface area contributed by atoms with Crippen molar-refractivity contribution in [1.29, 1.82) is 0 Å². The first-order valence-corrected chi connectivity index (χ1v) is 6.55. The van der Waals surface area contributed by atoms with Crippen molar-refractivity contribution in [2.24, 2.45) is 0 Å². The average Bonchev–Trinajstić information content (AvgIpc) is 2.79. The first kappa shape index (κ1) is 13.6. The van der Waals surface area contributed by atoms with E-state index in [0.717, 1.165) is 17.8 Å². The summed E-state index contributed by atoms with van der Waals surface area (Å²) in [5.74, 6) is -0.162. The smallest absolute Gasteiger partial charge is 0.272 e. The van der Waals surface area contributed by atoms with Crippen molar-refractivity contribution < 1.29 is 4.79 Å². The molecule has 0 atom stereocenters. The van der Waals surface area contributed by atoms with Crippen LogP contribution in [-0.4, -0.2) is 15.7 Å². The van der Waals surface area contributed by atoms with Gasteiger partial charge < -0.3 is 5.32 Å². The summed E-state index contributed by atoms with van der Waals surface area (Å²) < 4.78 is 1.80. The van der Waals surface area contributed by atoms with Crippen LogP contribution < -0.4 is 5.32 Å². The van der Waals surface area contributed by atoms with E-state index in [4.69, 9.17) is 11.6 Å². The highest BCUT2D eigenvalue weighted by Crippen LogP contribution is 2.09. The van der Waals surface area contributed by atoms with Gasteiger partial charge in [0.15, 0.2) is 0 Å². The monoisotopic (exact) mass is 277 g/mol. The quantitative estimate of drug-likeness (QED) is 0.934. The lowest BCUT2D eigenvalue weighted by Crippen LogP contribution is -2.23. The summed E-state index contributed by atoms with van der Waals surface area (Å²) in [5.41, 5.74) is 2.44. The Morgan fingerprint density at radius 1 is 1.37 bits per heavy atom. The number of benzene rings is 1. The summed E-state index contributed by atoms with van der Waals surface area (Å²) in [6, 6.07) is 9.18. The molecule has 0 fully saturated rings. The standard InChI is InChI=1S/C14H16ClN3O/c1-3-18-10(2)8-13(17-18)14(19)16-9-11-4-6-12(15)7-5-11/h4-8H,3,9H2,1-2H3,(H,16,19). The lowest BCUT2D eigenvalue weighted by molar-refractivity contribution is 0.0945. The van der Waals surface area contributed by atoms with E-state index < -0.39 is 0 Å². The van der Waals surface area contributed by atoms with Gasteiger partial charge in [0, 0.05) is 23.8 Å². The lowest BCUT2D eigenvalue weighted by atomic mass is 10.2. The van der Waals surface area contributed by atoms with Crippen molar-refractivity contribution in [3.8, 4) is 0 Å². The molecule has 1 aromatic heterocycles. The van der Waals surface area contributed by atoms with E-state index in [1.165, 1.54) is 0 Å². The molecular formula is C14H16ClN3O. The van der Waals surface area contributed by atoms with Crippen molar-refractivity contribution in [2.75, 3.05) is 0 Å². The van der Waals surface area contributed by atoms with Gasteiger partial charge in [-0.05, 0) is 37.6 Å². The number of hydrogen-bond donors (Lipinski definition) is 1. The number of hydrogen-bond acceptors (Lipinski definition) is 2. The molecule has 0 aliphatic rings. The number of nitrogens with one attached hydrogen (secondary N) is 1. The summed E-state index contributed by atoms with van der Waals surface area (Å²) in [4.78, 5) is 12.0. The van der Waals surface area contributed by atoms with Gasteiger partial charge in [-0.25, -0.2) is 0 Å². The summed E-state index contributed by atoms with van der Waals surface area (Å²) in [6.07, 6.45) is 0. The molecule has 0 saturated carbocycles. The summed E-state index contributed by atoms with van der Waals surface area (Å²) in [5, 5.41) is 7.77. The molecule has 2 aromatic rings. The molecule has 1 aromatic carbocycles. The van der Waals surface area contributed by atoms with Gasteiger partial charge in [-0.2, -0.15) is 5.10 Å². The molecule has 4 nitrogen and oxygen atoms in total. The lowest BCUT2D eigenvalue weighted by Gasteiger charge is -2.03. The zero-order valence-corrected chi connectivity index (χ0v) is 11.7. The number of carbonyl (C=O) groups is 1. The van der Waals surface area contributed by atoms with E-state index in [0.29, 0.717) is 17.3 Å². The van der Waals surface area contributed by atoms with E-state index >= 15 is 0 Å². The fourth-order valence-corrected chi connectivity index (χ4v) is 1.94. The van der Waals surface area contributed by atoms with Crippen LogP contribution in [0.3, 0.4) is 0 Å². The predicted molar refractivity (Wildman–Crippen MR) is 75.3 cm³/mol. The fraction of sp³-hybridized carbons (Fsp3) is 0.286. The van der Waals surface area contributed by atoms with E-state index in [1.807, 2.05) is 26.0 Å². The maximum absolute atomic E-state index is 12.0. The number of halogens is 1. The van der Waals surface area contributed by atoms with Crippen molar-refractivity contribution in [1.82, 2.24) is 15.1 Å². The first-order chi connectivity index (χ1) is 9.10. The van der Waals surface area contributed by atoms with Gasteiger partial charge in [0.05, 0.1) is 0 Å². The van der Waals surface area contributed by atoms with E-state index in [-0.39, 0.29) is 5.91 Å². The molecule has 0 radical (unpaired) electrons. The number of carbonyl (C=O) groups excluding carboxylic acids is 1. The average molecular weight is 278 g/mol. The third-order valence-electron chi connectivity index (χ3n) is 2.88. The highest BCUT2D eigenvalue weighted by atomic mass is 35.5. The predicted octanol–water partition coefficient (Wildman–Crippen LogP) is 2.79. The van der Waals surface area contributed by atoms with Crippen molar-refractivity contribution in [3.05, 3.63) is 52.3 Å². The maximum Gasteiger partial charge on any atom is 0.272 e. The van der Waals surface area contributed by atoms with E-state index in [9.17, 15) is 4.79 Å². The molecule has 0 unspecified atom stereocenters. The molecule has 0 bridgehead atoms. The second kappa shape index (κ2) is 5.89. The van der Waals surface area contributed by atoms with Gasteiger partial charge in [0.25, 0.3) is 5.91 Å². The van der Waals surface area contributed by atoms with Crippen molar-refractivity contribution >= 4 is 17.5 Å². The SMILES string of the molecule is CCn1nc(C(=O)NCc2ccc(Cl)cc2)cc1C. The van der Waals surface area contributed by atoms with Crippen LogP contribution in [-0.2, 0) is 13.1 Å². The maximum atomic E-state index is 12.0. The Balaban J connectivity index is 1.99. The Morgan fingerprint density at radius 3 is 2.63 bits per heavy atom. The molecule has 0 spiro atoms. The Kier molecular flexibility index (Phi) is 4.22. The molecule has 1 heterocycles. The second-order valence-electron chi connectivity index (χ2n) is 4.30. The normalized spacial score (nSPS) is 10.5. The Labute approximate surface area is 117 Å². The van der Waals surface area contributed by atoms with Crippen LogP contribution in [0.1, 0.15) is 28.7 Å². The van der Waals surface area contributed by atoms with Crippen LogP contribution in [0.15, 0.2) is 30.3 Å². The van der Waals surface area contributed by atoms with Gasteiger partial charge in [0.2, 0.25) is 0 Å². The molecule has 1 N–H and O–H groups in total. The van der Waals surface area contributed by atoms with E-state index in [2.05, 4.69) is 10.4 Å². The highest BCUT2D eigenvalue weighted by Gasteiger charge is 2.11. The Bertz CT molecular complexity index is 575. The fourth-order valence-electron chi connectivity index (χ4n) is 1.82. The molecule has 19 heavy (non-hydrogen) atoms. The van der Waals surface area contributed by atoms with Gasteiger partial charge in [-0.15, -0.1) is 0 Å². The van der Waals surface area contributed by atoms with Crippen molar-refractivity contribution in [2.45, 2.75) is 26.9 Å². The van der Waals surface area contributed by atoms with Gasteiger partial charge >= 0.3 is 0 Å². The van der Waals surface area contributed by atoms with Crippen LogP contribution >= 0.6 is 11.6 Å². The number of amides is 1. The Hall–Kier alpha value is -1.81. The highest BCUT2D eigenvalue weighted by molar-refractivity contribution is 6.30. The molecule has 0 saturated heterocycles. The molecular weight excluding hydrogens is 262 g/mol. The van der Waals surface area contributed by atoms with Gasteiger partial charge in [0.1, 0.15) is 5.69 Å². The third kappa shape index (κ3) is 3.35. The molecule has 2 rings (SSSR count). The number of aromatic nitrogens is 2. The van der Waals surface area contributed by atoms with Gasteiger partial charge in [-0.1, -0.05) is 23.7 Å². The molecule has 0 aliphatic heterocycles. The first-order valence-electron chi connectivity index (χ1n) is 6.17. The summed E-state index contributed by atoms with van der Waals surface area (Å²) in [6.45, 7) is 5.16. The molecule has 5 heteroatoms. The van der Waals surface area contributed by atoms with E-state index in [1.54, 1.807) is 22.9 Å². The Morgan fingerprint density at radius 2 is 2.05 bits per heavy atom. The van der Waals surface area contributed by atoms with Gasteiger partial charge in [-0.3, -0.25) is 9.48 Å².